The molecule has 2 fully saturated rings. The van der Waals surface area contributed by atoms with E-state index in [9.17, 15) is 5.11 Å². The number of likely N-dealkylation sites (tertiary alicyclic amines) is 1. The molecule has 4 rings (SSSR count). The number of rotatable bonds is 2. The molecule has 2 atom stereocenters. The Morgan fingerprint density at radius 2 is 2.23 bits per heavy atom. The minimum Gasteiger partial charge on any atom is -0.390 e. The first-order valence-electron chi connectivity index (χ1n) is 8.51. The molecule has 2 aliphatic rings. The van der Waals surface area contributed by atoms with Gasteiger partial charge in [0.2, 0.25) is 0 Å². The van der Waals surface area contributed by atoms with Gasteiger partial charge in [-0.1, -0.05) is 18.9 Å². The SMILES string of the molecule is Cc1ccc2ncc(CN3CCC4(O)CCCCC4C3)n2c1. The van der Waals surface area contributed by atoms with Crippen molar-refractivity contribution in [3.8, 4) is 0 Å². The number of aryl methyl sites for hydroxylation is 1. The van der Waals surface area contributed by atoms with Crippen molar-refractivity contribution < 1.29 is 5.11 Å². The van der Waals surface area contributed by atoms with E-state index >= 15 is 0 Å². The van der Waals surface area contributed by atoms with Crippen molar-refractivity contribution in [1.29, 1.82) is 0 Å². The van der Waals surface area contributed by atoms with Crippen LogP contribution in [-0.2, 0) is 6.54 Å². The van der Waals surface area contributed by atoms with E-state index < -0.39 is 0 Å². The lowest BCUT2D eigenvalue weighted by Gasteiger charge is -2.47. The van der Waals surface area contributed by atoms with Gasteiger partial charge in [0, 0.05) is 31.7 Å². The molecule has 4 nitrogen and oxygen atoms in total. The number of fused-ring (bicyclic) bond motifs is 2. The summed E-state index contributed by atoms with van der Waals surface area (Å²) in [6.45, 7) is 5.06. The number of hydrogen-bond acceptors (Lipinski definition) is 3. The quantitative estimate of drug-likeness (QED) is 0.927. The van der Waals surface area contributed by atoms with Gasteiger partial charge in [-0.3, -0.25) is 4.90 Å². The molecule has 0 radical (unpaired) electrons. The van der Waals surface area contributed by atoms with Gasteiger partial charge >= 0.3 is 0 Å². The Morgan fingerprint density at radius 3 is 3.14 bits per heavy atom. The number of nitrogens with zero attached hydrogens (tertiary/aromatic N) is 3. The Labute approximate surface area is 131 Å². The smallest absolute Gasteiger partial charge is 0.136 e. The molecule has 0 aromatic carbocycles. The lowest BCUT2D eigenvalue weighted by molar-refractivity contribution is -0.0969. The zero-order valence-electron chi connectivity index (χ0n) is 13.3. The summed E-state index contributed by atoms with van der Waals surface area (Å²) in [6.07, 6.45) is 9.73. The van der Waals surface area contributed by atoms with Gasteiger partial charge in [0.15, 0.2) is 0 Å². The van der Waals surface area contributed by atoms with Gasteiger partial charge in [-0.25, -0.2) is 4.98 Å². The molecule has 2 unspecified atom stereocenters. The molecule has 1 aliphatic heterocycles. The molecule has 22 heavy (non-hydrogen) atoms. The highest BCUT2D eigenvalue weighted by Gasteiger charge is 2.42. The summed E-state index contributed by atoms with van der Waals surface area (Å²) in [5.41, 5.74) is 3.14. The average Bonchev–Trinajstić information content (AvgIpc) is 2.90. The zero-order valence-corrected chi connectivity index (χ0v) is 13.3. The maximum atomic E-state index is 10.8. The minimum absolute atomic E-state index is 0.384. The molecule has 1 saturated heterocycles. The van der Waals surface area contributed by atoms with Crippen LogP contribution in [0.5, 0.6) is 0 Å². The second-order valence-electron chi connectivity index (χ2n) is 7.22. The summed E-state index contributed by atoms with van der Waals surface area (Å²) >= 11 is 0. The van der Waals surface area contributed by atoms with Crippen LogP contribution in [0.1, 0.15) is 43.4 Å². The van der Waals surface area contributed by atoms with Gasteiger partial charge in [0.05, 0.1) is 17.5 Å². The number of piperidine rings is 1. The van der Waals surface area contributed by atoms with E-state index in [1.807, 2.05) is 6.20 Å². The number of aliphatic hydroxyl groups is 1. The maximum Gasteiger partial charge on any atom is 0.136 e. The fourth-order valence-electron chi connectivity index (χ4n) is 4.27. The first-order chi connectivity index (χ1) is 10.6. The van der Waals surface area contributed by atoms with E-state index in [2.05, 4.69) is 39.5 Å². The van der Waals surface area contributed by atoms with Gasteiger partial charge in [-0.2, -0.15) is 0 Å². The largest absolute Gasteiger partial charge is 0.390 e. The fourth-order valence-corrected chi connectivity index (χ4v) is 4.27. The first kappa shape index (κ1) is 14.2. The van der Waals surface area contributed by atoms with Gasteiger partial charge in [0.25, 0.3) is 0 Å². The molecule has 2 aromatic rings. The van der Waals surface area contributed by atoms with Crippen molar-refractivity contribution >= 4 is 5.65 Å². The maximum absolute atomic E-state index is 10.8. The highest BCUT2D eigenvalue weighted by Crippen LogP contribution is 2.40. The Bertz CT molecular complexity index is 680. The summed E-state index contributed by atoms with van der Waals surface area (Å²) in [5.74, 6) is 0.455. The van der Waals surface area contributed by atoms with Crippen LogP contribution in [0.15, 0.2) is 24.5 Å². The molecule has 1 N–H and O–H groups in total. The topological polar surface area (TPSA) is 40.8 Å². The van der Waals surface area contributed by atoms with E-state index in [-0.39, 0.29) is 5.60 Å². The van der Waals surface area contributed by atoms with Crippen LogP contribution in [-0.4, -0.2) is 38.1 Å². The van der Waals surface area contributed by atoms with Gasteiger partial charge in [-0.15, -0.1) is 0 Å². The normalized spacial score (nSPS) is 29.6. The van der Waals surface area contributed by atoms with Crippen LogP contribution in [0.4, 0.5) is 0 Å². The van der Waals surface area contributed by atoms with Crippen LogP contribution < -0.4 is 0 Å². The Balaban J connectivity index is 1.52. The van der Waals surface area contributed by atoms with Crippen molar-refractivity contribution in [2.45, 2.75) is 51.2 Å². The van der Waals surface area contributed by atoms with Crippen molar-refractivity contribution in [2.75, 3.05) is 13.1 Å². The molecule has 1 aliphatic carbocycles. The lowest BCUT2D eigenvalue weighted by atomic mass is 9.71. The molecular formula is C18H25N3O. The lowest BCUT2D eigenvalue weighted by Crippen LogP contribution is -2.53. The highest BCUT2D eigenvalue weighted by molar-refractivity contribution is 5.41. The number of hydrogen-bond donors (Lipinski definition) is 1. The Kier molecular flexibility index (Phi) is 3.46. The van der Waals surface area contributed by atoms with E-state index in [1.165, 1.54) is 30.5 Å². The van der Waals surface area contributed by atoms with E-state index in [0.717, 1.165) is 38.1 Å². The molecule has 0 bridgehead atoms. The van der Waals surface area contributed by atoms with Crippen molar-refractivity contribution in [3.05, 3.63) is 35.8 Å². The summed E-state index contributed by atoms with van der Waals surface area (Å²) in [5, 5.41) is 10.8. The summed E-state index contributed by atoms with van der Waals surface area (Å²) in [6, 6.07) is 4.18. The standard InChI is InChI=1S/C18H25N3O/c1-14-5-6-17-19-10-16(21(17)11-14)13-20-9-8-18(22)7-3-2-4-15(18)12-20/h5-6,10-11,15,22H,2-4,7-9,12-13H2,1H3. The Hall–Kier alpha value is -1.39. The first-order valence-corrected chi connectivity index (χ1v) is 8.51. The molecule has 3 heterocycles. The third kappa shape index (κ3) is 2.44. The van der Waals surface area contributed by atoms with Gasteiger partial charge in [0.1, 0.15) is 5.65 Å². The molecule has 0 spiro atoms. The van der Waals surface area contributed by atoms with Gasteiger partial charge in [-0.05, 0) is 37.8 Å². The third-order valence-corrected chi connectivity index (χ3v) is 5.63. The molecular weight excluding hydrogens is 274 g/mol. The van der Waals surface area contributed by atoms with Crippen molar-refractivity contribution in [3.63, 3.8) is 0 Å². The summed E-state index contributed by atoms with van der Waals surface area (Å²) in [4.78, 5) is 7.00. The number of aromatic nitrogens is 2. The van der Waals surface area contributed by atoms with E-state index in [0.29, 0.717) is 5.92 Å². The fraction of sp³-hybridized carbons (Fsp3) is 0.611. The summed E-state index contributed by atoms with van der Waals surface area (Å²) in [7, 11) is 0. The van der Waals surface area contributed by atoms with E-state index in [4.69, 9.17) is 0 Å². The van der Waals surface area contributed by atoms with Crippen molar-refractivity contribution in [1.82, 2.24) is 14.3 Å². The van der Waals surface area contributed by atoms with Gasteiger partial charge < -0.3 is 9.51 Å². The third-order valence-electron chi connectivity index (χ3n) is 5.63. The Morgan fingerprint density at radius 1 is 1.32 bits per heavy atom. The number of imidazole rings is 1. The van der Waals surface area contributed by atoms with Crippen molar-refractivity contribution in [2.24, 2.45) is 5.92 Å². The molecule has 118 valence electrons. The summed E-state index contributed by atoms with van der Waals surface area (Å²) < 4.78 is 2.21. The van der Waals surface area contributed by atoms with Crippen LogP contribution in [0.25, 0.3) is 5.65 Å². The van der Waals surface area contributed by atoms with Crippen LogP contribution in [0.2, 0.25) is 0 Å². The predicted molar refractivity (Wildman–Crippen MR) is 86.7 cm³/mol. The van der Waals surface area contributed by atoms with E-state index in [1.54, 1.807) is 0 Å². The molecule has 2 aromatic heterocycles. The second kappa shape index (κ2) is 5.36. The number of pyridine rings is 1. The zero-order chi connectivity index (χ0) is 15.2. The molecule has 4 heteroatoms. The highest BCUT2D eigenvalue weighted by atomic mass is 16.3. The minimum atomic E-state index is -0.384. The van der Waals surface area contributed by atoms with Crippen LogP contribution >= 0.6 is 0 Å². The molecule has 0 amide bonds. The molecule has 1 saturated carbocycles. The second-order valence-corrected chi connectivity index (χ2v) is 7.22. The monoisotopic (exact) mass is 299 g/mol. The van der Waals surface area contributed by atoms with Crippen LogP contribution in [0.3, 0.4) is 0 Å². The average molecular weight is 299 g/mol. The van der Waals surface area contributed by atoms with Crippen LogP contribution in [0, 0.1) is 12.8 Å². The predicted octanol–water partition coefficient (Wildman–Crippen LogP) is 2.77.